The van der Waals surface area contributed by atoms with Gasteiger partial charge in [-0.2, -0.15) is 0 Å². The average Bonchev–Trinajstić information content (AvgIpc) is 3.12. The van der Waals surface area contributed by atoms with Gasteiger partial charge in [-0.05, 0) is 73.6 Å². The van der Waals surface area contributed by atoms with Crippen LogP contribution >= 0.6 is 0 Å². The summed E-state index contributed by atoms with van der Waals surface area (Å²) < 4.78 is 11.9. The summed E-state index contributed by atoms with van der Waals surface area (Å²) in [5, 5.41) is 3.00. The molecule has 0 aliphatic carbocycles. The maximum Gasteiger partial charge on any atom is 0.253 e. The number of nitrogens with zero attached hydrogens (tertiary/aromatic N) is 2. The number of ether oxygens (including phenoxy) is 2. The molecule has 0 aromatic rings. The molecule has 218 valence electrons. The fraction of sp³-hybridized carbons (Fsp3) is 0.793. The number of imide groups is 1. The molecular formula is C29H51N3O6. The predicted octanol–water partition coefficient (Wildman–Crippen LogP) is 3.71. The minimum atomic E-state index is -0.719. The van der Waals surface area contributed by atoms with Gasteiger partial charge in [-0.3, -0.25) is 24.1 Å². The van der Waals surface area contributed by atoms with Crippen molar-refractivity contribution < 1.29 is 28.7 Å². The Labute approximate surface area is 229 Å². The molecule has 0 aromatic carbocycles. The summed E-state index contributed by atoms with van der Waals surface area (Å²) in [6.45, 7) is 20.4. The van der Waals surface area contributed by atoms with Gasteiger partial charge in [0.2, 0.25) is 11.8 Å². The van der Waals surface area contributed by atoms with Crippen molar-refractivity contribution in [2.75, 3.05) is 39.4 Å². The summed E-state index contributed by atoms with van der Waals surface area (Å²) in [6.07, 6.45) is 4.70. The van der Waals surface area contributed by atoms with Crippen molar-refractivity contribution in [3.8, 4) is 0 Å². The summed E-state index contributed by atoms with van der Waals surface area (Å²) in [6, 6.07) is 0. The van der Waals surface area contributed by atoms with E-state index in [9.17, 15) is 19.2 Å². The number of nitrogens with one attached hydrogen (secondary N) is 1. The molecular weight excluding hydrogens is 486 g/mol. The largest absolute Gasteiger partial charge is 0.376 e. The minimum absolute atomic E-state index is 0.0742. The Hall–Kier alpha value is -2.26. The SMILES string of the molecule is CCOC(C)(C)CCNC(=O)C(C)(C)COC(C)(C)CCN(CCC(C)C)C(=O)CCN1C(=O)C=CC1=O. The van der Waals surface area contributed by atoms with Crippen LogP contribution in [0, 0.1) is 11.3 Å². The number of carbonyl (C=O) groups is 4. The molecule has 0 unspecified atom stereocenters. The molecule has 0 saturated heterocycles. The second kappa shape index (κ2) is 14.8. The number of amides is 4. The first kappa shape index (κ1) is 33.8. The van der Waals surface area contributed by atoms with Crippen molar-refractivity contribution in [1.29, 1.82) is 0 Å². The number of rotatable bonds is 18. The zero-order chi connectivity index (χ0) is 29.1. The first-order valence-corrected chi connectivity index (χ1v) is 13.9. The molecule has 1 aliphatic rings. The van der Waals surface area contributed by atoms with Crippen LogP contribution < -0.4 is 5.32 Å². The highest BCUT2D eigenvalue weighted by Gasteiger charge is 2.32. The average molecular weight is 538 g/mol. The molecule has 0 radical (unpaired) electrons. The summed E-state index contributed by atoms with van der Waals surface area (Å²) in [7, 11) is 0. The third kappa shape index (κ3) is 12.1. The Morgan fingerprint density at radius 1 is 0.947 bits per heavy atom. The van der Waals surface area contributed by atoms with E-state index in [0.29, 0.717) is 45.0 Å². The quantitative estimate of drug-likeness (QED) is 0.267. The highest BCUT2D eigenvalue weighted by atomic mass is 16.5. The molecule has 38 heavy (non-hydrogen) atoms. The van der Waals surface area contributed by atoms with Crippen molar-refractivity contribution in [2.24, 2.45) is 11.3 Å². The van der Waals surface area contributed by atoms with Gasteiger partial charge in [-0.1, -0.05) is 13.8 Å². The van der Waals surface area contributed by atoms with Crippen molar-refractivity contribution in [2.45, 2.75) is 99.2 Å². The van der Waals surface area contributed by atoms with Gasteiger partial charge in [-0.25, -0.2) is 0 Å². The highest BCUT2D eigenvalue weighted by molar-refractivity contribution is 6.13. The van der Waals surface area contributed by atoms with Gasteiger partial charge in [0.1, 0.15) is 0 Å². The van der Waals surface area contributed by atoms with E-state index < -0.39 is 11.0 Å². The van der Waals surface area contributed by atoms with Crippen molar-refractivity contribution in [3.63, 3.8) is 0 Å². The van der Waals surface area contributed by atoms with Crippen LogP contribution in [-0.2, 0) is 28.7 Å². The second-order valence-electron chi connectivity index (χ2n) is 12.4. The van der Waals surface area contributed by atoms with Crippen LogP contribution in [0.1, 0.15) is 88.0 Å². The molecule has 9 nitrogen and oxygen atoms in total. The minimum Gasteiger partial charge on any atom is -0.376 e. The lowest BCUT2D eigenvalue weighted by Gasteiger charge is -2.34. The number of carbonyl (C=O) groups excluding carboxylic acids is 4. The molecule has 1 heterocycles. The Balaban J connectivity index is 2.62. The van der Waals surface area contributed by atoms with Gasteiger partial charge >= 0.3 is 0 Å². The highest BCUT2D eigenvalue weighted by Crippen LogP contribution is 2.23. The summed E-state index contributed by atoms with van der Waals surface area (Å²) in [5.74, 6) is -0.496. The molecule has 1 N–H and O–H groups in total. The zero-order valence-corrected chi connectivity index (χ0v) is 25.1. The smallest absolute Gasteiger partial charge is 0.253 e. The fourth-order valence-electron chi connectivity index (χ4n) is 3.89. The van der Waals surface area contributed by atoms with Gasteiger partial charge < -0.3 is 19.7 Å². The molecule has 0 fully saturated rings. The second-order valence-corrected chi connectivity index (χ2v) is 12.4. The topological polar surface area (TPSA) is 105 Å². The van der Waals surface area contributed by atoms with E-state index in [-0.39, 0.29) is 48.8 Å². The van der Waals surface area contributed by atoms with Crippen LogP contribution in [0.3, 0.4) is 0 Å². The standard InChI is InChI=1S/C29H51N3O6/c1-10-37-28(6,7)15-17-30-26(36)27(4,5)21-38-29(8,9)16-20-31(18-13-22(2)3)23(33)14-19-32-24(34)11-12-25(32)35/h11-12,22H,10,13-21H2,1-9H3,(H,30,36). The zero-order valence-electron chi connectivity index (χ0n) is 25.1. The van der Waals surface area contributed by atoms with Gasteiger partial charge in [0.15, 0.2) is 0 Å². The van der Waals surface area contributed by atoms with Gasteiger partial charge in [0, 0.05) is 51.4 Å². The maximum absolute atomic E-state index is 13.0. The van der Waals surface area contributed by atoms with Gasteiger partial charge in [0.05, 0.1) is 23.2 Å². The van der Waals surface area contributed by atoms with Crippen LogP contribution in [-0.4, -0.2) is 84.0 Å². The summed E-state index contributed by atoms with van der Waals surface area (Å²) >= 11 is 0. The Kier molecular flexibility index (Phi) is 13.1. The lowest BCUT2D eigenvalue weighted by atomic mass is 9.92. The van der Waals surface area contributed by atoms with Gasteiger partial charge in [0.25, 0.3) is 11.8 Å². The molecule has 9 heteroatoms. The number of hydrogen-bond acceptors (Lipinski definition) is 6. The van der Waals surface area contributed by atoms with E-state index in [0.717, 1.165) is 11.3 Å². The van der Waals surface area contributed by atoms with Crippen LogP contribution in [0.25, 0.3) is 0 Å². The van der Waals surface area contributed by atoms with Crippen LogP contribution in [0.5, 0.6) is 0 Å². The Morgan fingerprint density at radius 3 is 2.08 bits per heavy atom. The third-order valence-electron chi connectivity index (χ3n) is 6.75. The van der Waals surface area contributed by atoms with E-state index in [1.165, 1.54) is 12.2 Å². The van der Waals surface area contributed by atoms with Crippen molar-refractivity contribution in [3.05, 3.63) is 12.2 Å². The van der Waals surface area contributed by atoms with Crippen LogP contribution in [0.15, 0.2) is 12.2 Å². The predicted molar refractivity (Wildman–Crippen MR) is 148 cm³/mol. The summed E-state index contributed by atoms with van der Waals surface area (Å²) in [4.78, 5) is 52.3. The molecule has 4 amide bonds. The molecule has 1 aliphatic heterocycles. The van der Waals surface area contributed by atoms with Crippen molar-refractivity contribution >= 4 is 23.6 Å². The molecule has 0 aromatic heterocycles. The van der Waals surface area contributed by atoms with Crippen molar-refractivity contribution in [1.82, 2.24) is 15.1 Å². The first-order valence-electron chi connectivity index (χ1n) is 13.9. The third-order valence-corrected chi connectivity index (χ3v) is 6.75. The molecule has 0 bridgehead atoms. The van der Waals surface area contributed by atoms with E-state index >= 15 is 0 Å². The Bertz CT molecular complexity index is 829. The fourth-order valence-corrected chi connectivity index (χ4v) is 3.89. The van der Waals surface area contributed by atoms with Crippen LogP contribution in [0.2, 0.25) is 0 Å². The van der Waals surface area contributed by atoms with E-state index in [4.69, 9.17) is 9.47 Å². The van der Waals surface area contributed by atoms with E-state index in [1.54, 1.807) is 4.90 Å². The number of hydrogen-bond donors (Lipinski definition) is 1. The molecule has 0 saturated carbocycles. The lowest BCUT2D eigenvalue weighted by Crippen LogP contribution is -2.44. The monoisotopic (exact) mass is 537 g/mol. The molecule has 0 spiro atoms. The maximum atomic E-state index is 13.0. The summed E-state index contributed by atoms with van der Waals surface area (Å²) in [5.41, 5.74) is -1.57. The first-order chi connectivity index (χ1) is 17.5. The lowest BCUT2D eigenvalue weighted by molar-refractivity contribution is -0.138. The van der Waals surface area contributed by atoms with E-state index in [2.05, 4.69) is 19.2 Å². The molecule has 0 atom stereocenters. The van der Waals surface area contributed by atoms with Crippen LogP contribution in [0.4, 0.5) is 0 Å². The Morgan fingerprint density at radius 2 is 1.53 bits per heavy atom. The van der Waals surface area contributed by atoms with E-state index in [1.807, 2.05) is 48.5 Å². The van der Waals surface area contributed by atoms with Gasteiger partial charge in [-0.15, -0.1) is 0 Å². The molecule has 1 rings (SSSR count). The normalized spacial score (nSPS) is 14.5.